The van der Waals surface area contributed by atoms with Crippen LogP contribution < -0.4 is 32.2 Å². The number of aliphatic hydroxyl groups excluding tert-OH is 2. The molecule has 2 amide bonds. The van der Waals surface area contributed by atoms with Gasteiger partial charge in [0, 0.05) is 20.5 Å². The maximum absolute atomic E-state index is 12.8. The molecule has 4 rings (SSSR count). The van der Waals surface area contributed by atoms with Crippen molar-refractivity contribution in [3.05, 3.63) is 42.5 Å². The Hall–Kier alpha value is -4.42. The van der Waals surface area contributed by atoms with Crippen LogP contribution in [0.15, 0.2) is 36.9 Å². The van der Waals surface area contributed by atoms with Gasteiger partial charge >= 0.3 is 5.97 Å². The number of imidazole rings is 1. The number of carboxylic acids is 1. The maximum Gasteiger partial charge on any atom is 0.320 e. The Morgan fingerprint density at radius 2 is 1.82 bits per heavy atom. The van der Waals surface area contributed by atoms with Crippen molar-refractivity contribution in [2.24, 2.45) is 17.2 Å². The van der Waals surface area contributed by atoms with E-state index in [0.717, 1.165) is 5.56 Å². The molecule has 1 aliphatic heterocycles. The molecule has 1 fully saturated rings. The Kier molecular flexibility index (Phi) is 11.9. The van der Waals surface area contributed by atoms with Crippen molar-refractivity contribution >= 4 is 34.8 Å². The Labute approximate surface area is 253 Å². The fraction of sp³-hybridized carbons (Fsp3) is 0.481. The number of nitrogens with two attached hydrogens (primary N) is 3. The van der Waals surface area contributed by atoms with Crippen molar-refractivity contribution in [1.29, 1.82) is 0 Å². The zero-order chi connectivity index (χ0) is 32.6. The molecule has 240 valence electrons. The van der Waals surface area contributed by atoms with E-state index in [1.165, 1.54) is 12.7 Å². The highest BCUT2D eigenvalue weighted by molar-refractivity contribution is 5.83. The Bertz CT molecular complexity index is 1420. The monoisotopic (exact) mass is 617 g/mol. The zero-order valence-electron chi connectivity index (χ0n) is 24.6. The number of nitrogens with zero attached hydrogens (tertiary/aromatic N) is 5. The van der Waals surface area contributed by atoms with Crippen LogP contribution in [-0.2, 0) is 25.5 Å². The molecule has 2 aromatic heterocycles. The molecule has 17 nitrogen and oxygen atoms in total. The normalized spacial score (nSPS) is 20.7. The number of primary amides is 1. The molecule has 1 saturated heterocycles. The van der Waals surface area contributed by atoms with Crippen LogP contribution >= 0.6 is 0 Å². The van der Waals surface area contributed by atoms with Crippen molar-refractivity contribution in [3.63, 3.8) is 0 Å². The summed E-state index contributed by atoms with van der Waals surface area (Å²) in [6.45, 7) is -0.406. The van der Waals surface area contributed by atoms with Gasteiger partial charge in [0.25, 0.3) is 0 Å². The number of fused-ring (bicyclic) bond motifs is 1. The topological polar surface area (TPSA) is 267 Å². The molecule has 0 bridgehead atoms. The molecule has 6 atom stereocenters. The third-order valence-electron chi connectivity index (χ3n) is 6.87. The Morgan fingerprint density at radius 3 is 2.39 bits per heavy atom. The lowest BCUT2D eigenvalue weighted by atomic mass is 10.0. The second kappa shape index (κ2) is 15.3. The van der Waals surface area contributed by atoms with E-state index in [1.807, 2.05) is 26.2 Å². The maximum atomic E-state index is 12.8. The van der Waals surface area contributed by atoms with Crippen LogP contribution in [0.4, 0.5) is 5.82 Å². The number of benzene rings is 1. The molecule has 44 heavy (non-hydrogen) atoms. The number of nitrogens with one attached hydrogen (secondary N) is 1. The number of hydrogen-bond donors (Lipinski definition) is 7. The molecular formula is C27H39N9O8. The van der Waals surface area contributed by atoms with Crippen LogP contribution in [0.5, 0.6) is 5.75 Å². The largest absolute Gasteiger partial charge is 0.497 e. The fourth-order valence-corrected chi connectivity index (χ4v) is 4.46. The summed E-state index contributed by atoms with van der Waals surface area (Å²) in [5, 5.41) is 31.8. The number of amides is 2. The van der Waals surface area contributed by atoms with Crippen molar-refractivity contribution < 1.29 is 39.2 Å². The molecule has 0 spiro atoms. The lowest BCUT2D eigenvalue weighted by molar-refractivity contribution is -0.138. The summed E-state index contributed by atoms with van der Waals surface area (Å²) in [6.07, 6.45) is 0.373. The van der Waals surface area contributed by atoms with E-state index < -0.39 is 61.0 Å². The Morgan fingerprint density at radius 1 is 1.14 bits per heavy atom. The van der Waals surface area contributed by atoms with Crippen molar-refractivity contribution in [2.75, 3.05) is 32.7 Å². The van der Waals surface area contributed by atoms with Gasteiger partial charge in [0.15, 0.2) is 23.2 Å². The number of rotatable bonds is 12. The molecule has 17 heteroatoms. The molecule has 3 heterocycles. The summed E-state index contributed by atoms with van der Waals surface area (Å²) < 4.78 is 12.6. The number of aliphatic carboxylic acids is 1. The van der Waals surface area contributed by atoms with E-state index in [4.69, 9.17) is 31.8 Å². The average molecular weight is 618 g/mol. The minimum Gasteiger partial charge on any atom is -0.497 e. The summed E-state index contributed by atoms with van der Waals surface area (Å²) >= 11 is 0. The highest BCUT2D eigenvalue weighted by Crippen LogP contribution is 2.32. The highest BCUT2D eigenvalue weighted by atomic mass is 16.5. The molecule has 0 saturated carbocycles. The number of carbonyl (C=O) groups is 3. The van der Waals surface area contributed by atoms with Crippen LogP contribution in [0.3, 0.4) is 0 Å². The van der Waals surface area contributed by atoms with Crippen LogP contribution in [0.25, 0.3) is 11.2 Å². The van der Waals surface area contributed by atoms with Gasteiger partial charge in [-0.2, -0.15) is 0 Å². The Balaban J connectivity index is 0.000000456. The third-order valence-corrected chi connectivity index (χ3v) is 6.87. The standard InChI is InChI=1S/C22H29N7O5.C5H10N2O3/c1-28(2)19-17-20(25-10-24-19)29(11-26-17)22-18(31)16(15(9-30)34-22)27-21(32)14(23)8-12-4-6-13(33-3)7-5-12;6-3(5(9)10)1-2-4(7)8/h4-7,10-11,14-16,18,22,30-31H,8-9,23H2,1-3H3,(H,27,32);3H,1-2,6H2,(H2,7,8)(H,9,10)/t14-,15+,16+,18+,22+;3-/m00/s1. The van der Waals surface area contributed by atoms with Gasteiger partial charge in [-0.3, -0.25) is 19.0 Å². The lowest BCUT2D eigenvalue weighted by Crippen LogP contribution is -2.53. The summed E-state index contributed by atoms with van der Waals surface area (Å²) in [7, 11) is 5.25. The summed E-state index contributed by atoms with van der Waals surface area (Å²) in [5.41, 5.74) is 17.8. The van der Waals surface area contributed by atoms with E-state index in [1.54, 1.807) is 28.7 Å². The lowest BCUT2D eigenvalue weighted by Gasteiger charge is -2.23. The van der Waals surface area contributed by atoms with Gasteiger partial charge in [0.05, 0.1) is 32.1 Å². The predicted octanol–water partition coefficient (Wildman–Crippen LogP) is -2.13. The van der Waals surface area contributed by atoms with Gasteiger partial charge in [0.2, 0.25) is 11.8 Å². The molecule has 1 aromatic carbocycles. The second-order valence-corrected chi connectivity index (χ2v) is 10.3. The molecule has 1 aliphatic rings. The quantitative estimate of drug-likeness (QED) is 0.114. The molecule has 0 aliphatic carbocycles. The fourth-order valence-electron chi connectivity index (χ4n) is 4.46. The average Bonchev–Trinajstić information content (AvgIpc) is 3.56. The number of aromatic nitrogens is 4. The first-order valence-corrected chi connectivity index (χ1v) is 13.6. The van der Waals surface area contributed by atoms with E-state index in [9.17, 15) is 24.6 Å². The number of carbonyl (C=O) groups excluding carboxylic acids is 2. The van der Waals surface area contributed by atoms with Gasteiger partial charge < -0.3 is 52.2 Å². The van der Waals surface area contributed by atoms with Gasteiger partial charge in [-0.05, 0) is 30.5 Å². The highest BCUT2D eigenvalue weighted by Gasteiger charge is 2.46. The summed E-state index contributed by atoms with van der Waals surface area (Å²) in [5.74, 6) is -0.780. The SMILES string of the molecule is COc1ccc(C[C@H](N)C(=O)N[C@H]2[C@@H](O)[C@H](n3cnc4c(N(C)C)ncnc43)O[C@@H]2CO)cc1.NC(=O)CC[C@H](N)C(=O)O. The van der Waals surface area contributed by atoms with Crippen LogP contribution in [0.2, 0.25) is 0 Å². The van der Waals surface area contributed by atoms with Crippen LogP contribution in [0.1, 0.15) is 24.6 Å². The van der Waals surface area contributed by atoms with E-state index in [2.05, 4.69) is 20.3 Å². The third kappa shape index (κ3) is 8.35. The number of anilines is 1. The van der Waals surface area contributed by atoms with Gasteiger partial charge in [-0.1, -0.05) is 12.1 Å². The first kappa shape index (κ1) is 34.1. The second-order valence-electron chi connectivity index (χ2n) is 10.3. The first-order valence-electron chi connectivity index (χ1n) is 13.6. The van der Waals surface area contributed by atoms with Crippen LogP contribution in [-0.4, -0.2) is 111 Å². The zero-order valence-corrected chi connectivity index (χ0v) is 24.6. The van der Waals surface area contributed by atoms with Gasteiger partial charge in [-0.25, -0.2) is 15.0 Å². The molecular weight excluding hydrogens is 578 g/mol. The number of carboxylic acid groups (broad SMARTS) is 1. The van der Waals surface area contributed by atoms with Gasteiger partial charge in [-0.15, -0.1) is 0 Å². The molecule has 0 radical (unpaired) electrons. The number of methoxy groups -OCH3 is 1. The molecule has 10 N–H and O–H groups in total. The minimum absolute atomic E-state index is 0.0213. The first-order chi connectivity index (χ1) is 20.9. The summed E-state index contributed by atoms with van der Waals surface area (Å²) in [4.78, 5) is 47.6. The number of ether oxygens (including phenoxy) is 2. The predicted molar refractivity (Wildman–Crippen MR) is 157 cm³/mol. The van der Waals surface area contributed by atoms with Crippen LogP contribution in [0, 0.1) is 0 Å². The van der Waals surface area contributed by atoms with E-state index in [-0.39, 0.29) is 12.8 Å². The number of aliphatic hydroxyl groups is 2. The molecule has 0 unspecified atom stereocenters. The smallest absolute Gasteiger partial charge is 0.320 e. The molecule has 3 aromatic rings. The minimum atomic E-state index is -1.18. The van der Waals surface area contributed by atoms with Gasteiger partial charge in [0.1, 0.15) is 30.3 Å². The van der Waals surface area contributed by atoms with Crippen molar-refractivity contribution in [3.8, 4) is 5.75 Å². The van der Waals surface area contributed by atoms with Crippen molar-refractivity contribution in [2.45, 2.75) is 55.8 Å². The van der Waals surface area contributed by atoms with E-state index >= 15 is 0 Å². The summed E-state index contributed by atoms with van der Waals surface area (Å²) in [6, 6.07) is 4.54. The van der Waals surface area contributed by atoms with Crippen molar-refractivity contribution in [1.82, 2.24) is 24.8 Å². The number of hydrogen-bond acceptors (Lipinski definition) is 13. The van der Waals surface area contributed by atoms with E-state index in [0.29, 0.717) is 29.2 Å².